The predicted molar refractivity (Wildman–Crippen MR) is 306 cm³/mol. The van der Waals surface area contributed by atoms with Gasteiger partial charge in [-0.25, -0.2) is 0 Å². The van der Waals surface area contributed by atoms with Crippen LogP contribution in [0, 0.1) is 0 Å². The van der Waals surface area contributed by atoms with Gasteiger partial charge in [-0.1, -0.05) is 212 Å². The third-order valence-corrected chi connectivity index (χ3v) is 14.2. The van der Waals surface area contributed by atoms with Crippen molar-refractivity contribution in [3.8, 4) is 72.4 Å². The summed E-state index contributed by atoms with van der Waals surface area (Å²) in [6.45, 7) is 0. The highest BCUT2D eigenvalue weighted by atomic mass is 15.1. The Balaban J connectivity index is 0.945. The Bertz CT molecular complexity index is 3970. The molecule has 338 valence electrons. The van der Waals surface area contributed by atoms with Crippen LogP contribution in [0.25, 0.3) is 105 Å². The van der Waals surface area contributed by atoms with Gasteiger partial charge in [-0.15, -0.1) is 0 Å². The first-order valence-corrected chi connectivity index (χ1v) is 24.7. The predicted octanol–water partition coefficient (Wildman–Crippen LogP) is 19.4. The molecule has 0 aliphatic heterocycles. The van der Waals surface area contributed by atoms with E-state index in [1.807, 2.05) is 0 Å². The number of hydrogen-bond acceptors (Lipinski definition) is 1. The molecule has 0 bridgehead atoms. The van der Waals surface area contributed by atoms with Gasteiger partial charge in [0.2, 0.25) is 0 Å². The van der Waals surface area contributed by atoms with Crippen molar-refractivity contribution in [2.75, 3.05) is 4.90 Å². The second-order valence-corrected chi connectivity index (χ2v) is 18.5. The molecule has 0 spiro atoms. The Morgan fingerprint density at radius 1 is 0.236 bits per heavy atom. The lowest BCUT2D eigenvalue weighted by Gasteiger charge is -2.26. The molecule has 1 aromatic heterocycles. The highest BCUT2D eigenvalue weighted by Gasteiger charge is 2.20. The van der Waals surface area contributed by atoms with Crippen LogP contribution in [0.5, 0.6) is 0 Å². The van der Waals surface area contributed by atoms with Crippen LogP contribution in [0.1, 0.15) is 0 Å². The van der Waals surface area contributed by atoms with Gasteiger partial charge in [-0.05, 0) is 156 Å². The third-order valence-electron chi connectivity index (χ3n) is 14.2. The Kier molecular flexibility index (Phi) is 10.9. The summed E-state index contributed by atoms with van der Waals surface area (Å²) in [5.74, 6) is 0. The summed E-state index contributed by atoms with van der Waals surface area (Å²) in [5, 5.41) is 4.99. The maximum absolute atomic E-state index is 2.42. The SMILES string of the molecule is c1ccc(-c2ccc(-c3ccc(N(c4ccc(-c5cc(-c6ccccc6)cc(-c6ccccc6)c5)cc4)c4cccc(-c5cccc6c5c5c7ccccc7ccc5n6-c5ccccc5)c4)cc3)cc2)cc1. The molecule has 0 saturated heterocycles. The van der Waals surface area contributed by atoms with E-state index in [0.717, 1.165) is 33.9 Å². The summed E-state index contributed by atoms with van der Waals surface area (Å²) in [7, 11) is 0. The fourth-order valence-corrected chi connectivity index (χ4v) is 10.7. The molecular formula is C70H48N2. The lowest BCUT2D eigenvalue weighted by Crippen LogP contribution is -2.10. The number of rotatable bonds is 10. The summed E-state index contributed by atoms with van der Waals surface area (Å²) in [5.41, 5.74) is 21.0. The highest BCUT2D eigenvalue weighted by molar-refractivity contribution is 6.25. The standard InChI is InChI=1S/C70H48N2/c1-5-17-49(18-6-1)52-31-33-53(34-32-52)54-35-40-62(41-36-54)71(63-42-37-55(38-43-63)60-46-58(50-19-7-2-8-20-50)45-59(47-60)51-21-9-3-10-22-51)64-27-15-24-57(48-64)66-29-16-30-67-70(66)69-65-28-14-13-23-56(65)39-44-68(69)72(67)61-25-11-4-12-26-61/h1-48H. The quantitative estimate of drug-likeness (QED) is 0.133. The van der Waals surface area contributed by atoms with Crippen molar-refractivity contribution < 1.29 is 0 Å². The third kappa shape index (κ3) is 7.92. The second kappa shape index (κ2) is 18.4. The average Bonchev–Trinajstić information content (AvgIpc) is 3.82. The van der Waals surface area contributed by atoms with Crippen LogP contribution in [-0.2, 0) is 0 Å². The molecular weight excluding hydrogens is 869 g/mol. The molecule has 2 nitrogen and oxygen atoms in total. The van der Waals surface area contributed by atoms with Crippen LogP contribution >= 0.6 is 0 Å². The first kappa shape index (κ1) is 42.6. The minimum absolute atomic E-state index is 1.07. The van der Waals surface area contributed by atoms with Crippen molar-refractivity contribution in [1.82, 2.24) is 4.57 Å². The summed E-state index contributed by atoms with van der Waals surface area (Å²) >= 11 is 0. The zero-order valence-corrected chi connectivity index (χ0v) is 39.6. The number of hydrogen-bond donors (Lipinski definition) is 0. The number of para-hydroxylation sites is 1. The lowest BCUT2D eigenvalue weighted by molar-refractivity contribution is 1.18. The van der Waals surface area contributed by atoms with Crippen LogP contribution < -0.4 is 4.90 Å². The number of benzene rings is 12. The van der Waals surface area contributed by atoms with Gasteiger partial charge < -0.3 is 9.47 Å². The molecule has 13 aromatic rings. The molecule has 0 N–H and O–H groups in total. The molecule has 1 heterocycles. The van der Waals surface area contributed by atoms with Crippen molar-refractivity contribution in [3.63, 3.8) is 0 Å². The topological polar surface area (TPSA) is 8.17 Å². The van der Waals surface area contributed by atoms with E-state index >= 15 is 0 Å². The monoisotopic (exact) mass is 916 g/mol. The van der Waals surface area contributed by atoms with Gasteiger partial charge in [-0.3, -0.25) is 0 Å². The first-order valence-electron chi connectivity index (χ1n) is 24.7. The fourth-order valence-electron chi connectivity index (χ4n) is 10.7. The zero-order chi connectivity index (χ0) is 47.8. The van der Waals surface area contributed by atoms with Crippen molar-refractivity contribution in [2.45, 2.75) is 0 Å². The Labute approximate surface area is 420 Å². The summed E-state index contributed by atoms with van der Waals surface area (Å²) < 4.78 is 2.42. The van der Waals surface area contributed by atoms with Crippen LogP contribution in [0.4, 0.5) is 17.1 Å². The molecule has 0 atom stereocenters. The molecule has 0 saturated carbocycles. The van der Waals surface area contributed by atoms with Crippen molar-refractivity contribution in [1.29, 1.82) is 0 Å². The van der Waals surface area contributed by atoms with Crippen molar-refractivity contribution >= 4 is 49.6 Å². The molecule has 0 aliphatic rings. The van der Waals surface area contributed by atoms with Gasteiger partial charge >= 0.3 is 0 Å². The van der Waals surface area contributed by atoms with Gasteiger partial charge in [0.1, 0.15) is 0 Å². The van der Waals surface area contributed by atoms with Gasteiger partial charge in [0.05, 0.1) is 11.0 Å². The minimum Gasteiger partial charge on any atom is -0.310 e. The van der Waals surface area contributed by atoms with Gasteiger partial charge in [0.25, 0.3) is 0 Å². The van der Waals surface area contributed by atoms with E-state index in [1.54, 1.807) is 0 Å². The van der Waals surface area contributed by atoms with Crippen LogP contribution in [-0.4, -0.2) is 4.57 Å². The van der Waals surface area contributed by atoms with Crippen LogP contribution in [0.3, 0.4) is 0 Å². The van der Waals surface area contributed by atoms with E-state index in [-0.39, 0.29) is 0 Å². The Hall–Kier alpha value is -9.50. The van der Waals surface area contributed by atoms with E-state index in [4.69, 9.17) is 0 Å². The van der Waals surface area contributed by atoms with Gasteiger partial charge in [0.15, 0.2) is 0 Å². The van der Waals surface area contributed by atoms with Crippen molar-refractivity contribution in [3.05, 3.63) is 291 Å². The average molecular weight is 917 g/mol. The molecule has 0 amide bonds. The number of aromatic nitrogens is 1. The van der Waals surface area contributed by atoms with Crippen LogP contribution in [0.15, 0.2) is 291 Å². The summed E-state index contributed by atoms with van der Waals surface area (Å²) in [6, 6.07) is 106. The number of fused-ring (bicyclic) bond motifs is 5. The summed E-state index contributed by atoms with van der Waals surface area (Å²) in [6.07, 6.45) is 0. The molecule has 0 aliphatic carbocycles. The van der Waals surface area contributed by atoms with E-state index in [1.165, 1.54) is 88.2 Å². The first-order chi connectivity index (χ1) is 35.7. The normalized spacial score (nSPS) is 11.3. The maximum Gasteiger partial charge on any atom is 0.0547 e. The molecule has 0 unspecified atom stereocenters. The molecule has 72 heavy (non-hydrogen) atoms. The molecule has 0 radical (unpaired) electrons. The van der Waals surface area contributed by atoms with E-state index in [0.29, 0.717) is 0 Å². The molecule has 13 rings (SSSR count). The molecule has 2 heteroatoms. The van der Waals surface area contributed by atoms with Crippen LogP contribution in [0.2, 0.25) is 0 Å². The zero-order valence-electron chi connectivity index (χ0n) is 39.6. The fraction of sp³-hybridized carbons (Fsp3) is 0. The van der Waals surface area contributed by atoms with E-state index in [9.17, 15) is 0 Å². The van der Waals surface area contributed by atoms with Gasteiger partial charge in [-0.2, -0.15) is 0 Å². The highest BCUT2D eigenvalue weighted by Crippen LogP contribution is 2.44. The van der Waals surface area contributed by atoms with E-state index in [2.05, 4.69) is 301 Å². The lowest BCUT2D eigenvalue weighted by atomic mass is 9.93. The largest absolute Gasteiger partial charge is 0.310 e. The Morgan fingerprint density at radius 3 is 1.21 bits per heavy atom. The Morgan fingerprint density at radius 2 is 0.653 bits per heavy atom. The molecule has 12 aromatic carbocycles. The summed E-state index contributed by atoms with van der Waals surface area (Å²) in [4.78, 5) is 2.40. The maximum atomic E-state index is 2.42. The van der Waals surface area contributed by atoms with Gasteiger partial charge in [0, 0.05) is 33.5 Å². The number of nitrogens with zero attached hydrogens (tertiary/aromatic N) is 2. The smallest absolute Gasteiger partial charge is 0.0547 e. The second-order valence-electron chi connectivity index (χ2n) is 18.5. The minimum atomic E-state index is 1.07. The number of anilines is 3. The van der Waals surface area contributed by atoms with E-state index < -0.39 is 0 Å². The molecule has 0 fully saturated rings. The van der Waals surface area contributed by atoms with Crippen molar-refractivity contribution in [2.24, 2.45) is 0 Å².